The molecule has 1 aliphatic rings. The fourth-order valence-corrected chi connectivity index (χ4v) is 2.70. The Morgan fingerprint density at radius 2 is 1.76 bits per heavy atom. The molecule has 1 saturated carbocycles. The summed E-state index contributed by atoms with van der Waals surface area (Å²) < 4.78 is 42.4. The van der Waals surface area contributed by atoms with Crippen LogP contribution in [-0.2, 0) is 5.92 Å². The van der Waals surface area contributed by atoms with Gasteiger partial charge in [0.05, 0.1) is 11.0 Å². The fraction of sp³-hybridized carbons (Fsp3) is 0.538. The smallest absolute Gasteiger partial charge is 0.282 e. The molecule has 0 atom stereocenters. The van der Waals surface area contributed by atoms with Crippen molar-refractivity contribution in [2.24, 2.45) is 11.1 Å². The summed E-state index contributed by atoms with van der Waals surface area (Å²) >= 11 is 0. The SMILES string of the molecule is NCC1(C(F)(F)c2ccccc2F)CCCC1. The van der Waals surface area contributed by atoms with Crippen LogP contribution in [0.5, 0.6) is 0 Å². The van der Waals surface area contributed by atoms with Crippen molar-refractivity contribution in [2.45, 2.75) is 31.6 Å². The number of hydrogen-bond acceptors (Lipinski definition) is 1. The number of nitrogens with two attached hydrogens (primary N) is 1. The maximum Gasteiger partial charge on any atom is 0.282 e. The highest BCUT2D eigenvalue weighted by Crippen LogP contribution is 2.54. The van der Waals surface area contributed by atoms with Crippen molar-refractivity contribution in [3.8, 4) is 0 Å². The van der Waals surface area contributed by atoms with E-state index in [1.165, 1.54) is 12.1 Å². The van der Waals surface area contributed by atoms with Crippen LogP contribution in [0.2, 0.25) is 0 Å². The Morgan fingerprint density at radius 3 is 2.29 bits per heavy atom. The molecule has 0 aromatic heterocycles. The van der Waals surface area contributed by atoms with E-state index in [2.05, 4.69) is 0 Å². The second kappa shape index (κ2) is 4.33. The van der Waals surface area contributed by atoms with E-state index in [9.17, 15) is 13.2 Å². The van der Waals surface area contributed by atoms with Gasteiger partial charge in [0.15, 0.2) is 0 Å². The van der Waals surface area contributed by atoms with Gasteiger partial charge in [0, 0.05) is 6.54 Å². The lowest BCUT2D eigenvalue weighted by Gasteiger charge is -2.36. The van der Waals surface area contributed by atoms with Gasteiger partial charge in [-0.2, -0.15) is 0 Å². The van der Waals surface area contributed by atoms with Crippen molar-refractivity contribution < 1.29 is 13.2 Å². The van der Waals surface area contributed by atoms with Crippen molar-refractivity contribution in [1.29, 1.82) is 0 Å². The summed E-state index contributed by atoms with van der Waals surface area (Å²) in [6.07, 6.45) is 2.21. The lowest BCUT2D eigenvalue weighted by Crippen LogP contribution is -2.43. The Morgan fingerprint density at radius 1 is 1.18 bits per heavy atom. The third-order valence-electron chi connectivity index (χ3n) is 3.83. The van der Waals surface area contributed by atoms with E-state index < -0.39 is 22.7 Å². The van der Waals surface area contributed by atoms with Gasteiger partial charge in [0.1, 0.15) is 5.82 Å². The molecule has 0 saturated heterocycles. The average molecular weight is 243 g/mol. The monoisotopic (exact) mass is 243 g/mol. The van der Waals surface area contributed by atoms with Crippen molar-refractivity contribution in [3.05, 3.63) is 35.6 Å². The number of halogens is 3. The predicted molar refractivity (Wildman–Crippen MR) is 60.2 cm³/mol. The quantitative estimate of drug-likeness (QED) is 0.864. The van der Waals surface area contributed by atoms with E-state index in [1.54, 1.807) is 0 Å². The zero-order chi connectivity index (χ0) is 12.5. The van der Waals surface area contributed by atoms with Crippen LogP contribution in [-0.4, -0.2) is 6.54 Å². The predicted octanol–water partition coefficient (Wildman–Crippen LogP) is 3.44. The van der Waals surface area contributed by atoms with Crippen LogP contribution in [0.1, 0.15) is 31.2 Å². The summed E-state index contributed by atoms with van der Waals surface area (Å²) in [5, 5.41) is 0. The lowest BCUT2D eigenvalue weighted by molar-refractivity contribution is -0.126. The molecule has 2 N–H and O–H groups in total. The maximum absolute atomic E-state index is 14.5. The molecule has 0 heterocycles. The first-order valence-corrected chi connectivity index (χ1v) is 5.86. The first-order chi connectivity index (χ1) is 8.03. The largest absolute Gasteiger partial charge is 0.330 e. The molecular formula is C13H16F3N. The zero-order valence-electron chi connectivity index (χ0n) is 9.56. The maximum atomic E-state index is 14.5. The van der Waals surface area contributed by atoms with Gasteiger partial charge >= 0.3 is 0 Å². The molecule has 94 valence electrons. The lowest BCUT2D eigenvalue weighted by atomic mass is 9.76. The van der Waals surface area contributed by atoms with Crippen LogP contribution >= 0.6 is 0 Å². The third kappa shape index (κ3) is 1.84. The van der Waals surface area contributed by atoms with Crippen molar-refractivity contribution in [3.63, 3.8) is 0 Å². The van der Waals surface area contributed by atoms with Crippen LogP contribution in [0.4, 0.5) is 13.2 Å². The van der Waals surface area contributed by atoms with Crippen LogP contribution in [0.3, 0.4) is 0 Å². The number of hydrogen-bond donors (Lipinski definition) is 1. The number of rotatable bonds is 3. The molecule has 0 amide bonds. The molecular weight excluding hydrogens is 227 g/mol. The van der Waals surface area contributed by atoms with Crippen LogP contribution in [0.15, 0.2) is 24.3 Å². The Kier molecular flexibility index (Phi) is 3.17. The molecule has 1 aliphatic carbocycles. The highest BCUT2D eigenvalue weighted by molar-refractivity contribution is 5.25. The highest BCUT2D eigenvalue weighted by atomic mass is 19.3. The van der Waals surface area contributed by atoms with Gasteiger partial charge < -0.3 is 5.73 Å². The molecule has 1 fully saturated rings. The molecule has 0 bridgehead atoms. The fourth-order valence-electron chi connectivity index (χ4n) is 2.70. The van der Waals surface area contributed by atoms with Gasteiger partial charge in [-0.15, -0.1) is 0 Å². The first-order valence-electron chi connectivity index (χ1n) is 5.86. The normalized spacial score (nSPS) is 19.5. The summed E-state index contributed by atoms with van der Waals surface area (Å²) in [7, 11) is 0. The number of benzene rings is 1. The minimum absolute atomic E-state index is 0.103. The first kappa shape index (κ1) is 12.4. The van der Waals surface area contributed by atoms with Gasteiger partial charge in [0.2, 0.25) is 0 Å². The van der Waals surface area contributed by atoms with Gasteiger partial charge in [-0.25, -0.2) is 13.2 Å². The molecule has 0 radical (unpaired) electrons. The Balaban J connectivity index is 2.45. The van der Waals surface area contributed by atoms with E-state index in [0.717, 1.165) is 25.0 Å². The molecule has 0 unspecified atom stereocenters. The second-order valence-corrected chi connectivity index (χ2v) is 4.75. The van der Waals surface area contributed by atoms with Crippen molar-refractivity contribution in [1.82, 2.24) is 0 Å². The molecule has 17 heavy (non-hydrogen) atoms. The van der Waals surface area contributed by atoms with E-state index >= 15 is 0 Å². The average Bonchev–Trinajstić information content (AvgIpc) is 2.79. The number of alkyl halides is 2. The molecule has 4 heteroatoms. The molecule has 0 spiro atoms. The molecule has 0 aliphatic heterocycles. The Labute approximate surface area is 98.8 Å². The Bertz CT molecular complexity index is 397. The van der Waals surface area contributed by atoms with Gasteiger partial charge in [-0.1, -0.05) is 31.0 Å². The van der Waals surface area contributed by atoms with E-state index in [4.69, 9.17) is 5.73 Å². The Hall–Kier alpha value is -1.03. The van der Waals surface area contributed by atoms with E-state index in [0.29, 0.717) is 12.8 Å². The zero-order valence-corrected chi connectivity index (χ0v) is 9.56. The standard InChI is InChI=1S/C13H16F3N/c14-11-6-2-1-5-10(11)13(15,16)12(9-17)7-3-4-8-12/h1-2,5-6H,3-4,7-9,17H2. The molecule has 1 aromatic rings. The summed E-state index contributed by atoms with van der Waals surface area (Å²) in [6, 6.07) is 5.08. The molecule has 1 nitrogen and oxygen atoms in total. The van der Waals surface area contributed by atoms with Crippen molar-refractivity contribution in [2.75, 3.05) is 6.54 Å². The summed E-state index contributed by atoms with van der Waals surface area (Å²) in [6.45, 7) is -0.103. The van der Waals surface area contributed by atoms with Gasteiger partial charge in [-0.3, -0.25) is 0 Å². The summed E-state index contributed by atoms with van der Waals surface area (Å²) in [4.78, 5) is 0. The second-order valence-electron chi connectivity index (χ2n) is 4.75. The van der Waals surface area contributed by atoms with Crippen molar-refractivity contribution >= 4 is 0 Å². The van der Waals surface area contributed by atoms with Crippen LogP contribution in [0, 0.1) is 11.2 Å². The minimum atomic E-state index is -3.19. The molecule has 2 rings (SSSR count). The third-order valence-corrected chi connectivity index (χ3v) is 3.83. The van der Waals surface area contributed by atoms with Crippen LogP contribution < -0.4 is 5.73 Å². The summed E-state index contributed by atoms with van der Waals surface area (Å²) in [5.41, 5.74) is 3.75. The highest BCUT2D eigenvalue weighted by Gasteiger charge is 2.55. The van der Waals surface area contributed by atoms with E-state index in [1.807, 2.05) is 0 Å². The summed E-state index contributed by atoms with van der Waals surface area (Å²) in [5.74, 6) is -4.04. The minimum Gasteiger partial charge on any atom is -0.330 e. The van der Waals surface area contributed by atoms with Crippen LogP contribution in [0.25, 0.3) is 0 Å². The van der Waals surface area contributed by atoms with Gasteiger partial charge in [-0.05, 0) is 18.9 Å². The topological polar surface area (TPSA) is 26.0 Å². The molecule has 1 aromatic carbocycles. The van der Waals surface area contributed by atoms with Gasteiger partial charge in [0.25, 0.3) is 5.92 Å². The van der Waals surface area contributed by atoms with E-state index in [-0.39, 0.29) is 6.54 Å².